The summed E-state index contributed by atoms with van der Waals surface area (Å²) in [5.74, 6) is -6.53. The van der Waals surface area contributed by atoms with Crippen LogP contribution in [0.3, 0.4) is 0 Å². The molecule has 6 aromatic rings. The molecule has 4 aliphatic heterocycles. The van der Waals surface area contributed by atoms with Crippen LogP contribution in [-0.4, -0.2) is 143 Å². The number of benzene rings is 6. The Morgan fingerprint density at radius 3 is 1.05 bits per heavy atom. The number of carboxylic acid groups (broad SMARTS) is 4. The van der Waals surface area contributed by atoms with E-state index in [9.17, 15) is 32.3 Å². The summed E-state index contributed by atoms with van der Waals surface area (Å²) in [5.41, 5.74) is 18.9. The molecule has 24 rings (SSSR count). The van der Waals surface area contributed by atoms with Gasteiger partial charge in [0.2, 0.25) is 0 Å². The van der Waals surface area contributed by atoms with Gasteiger partial charge in [-0.05, 0) is 359 Å². The quantitative estimate of drug-likeness (QED) is 0.0423. The van der Waals surface area contributed by atoms with Gasteiger partial charge in [0.05, 0.1) is 12.1 Å². The molecule has 14 aliphatic carbocycles. The number of alkyl halides is 3. The maximum atomic E-state index is 15.6. The van der Waals surface area contributed by atoms with Crippen LogP contribution in [-0.2, 0) is 44.9 Å². The number of rotatable bonds is 20. The van der Waals surface area contributed by atoms with Gasteiger partial charge in [-0.2, -0.15) is 0 Å². The summed E-state index contributed by atoms with van der Waals surface area (Å²) in [5, 5.41) is 35.8. The van der Waals surface area contributed by atoms with E-state index in [1.165, 1.54) is 129 Å². The minimum atomic E-state index is -1.24. The minimum absolute atomic E-state index is 0.0123. The second kappa shape index (κ2) is 31.7. The molecule has 662 valence electrons. The Morgan fingerprint density at radius 2 is 0.730 bits per heavy atom. The standard InChI is InChI=1S/C29H29F2NO2.C28H28F3NO2.2C25H30FNO2/c1-17-9-21-20-6-4-3-5-19(20)12-22(21)27(32(17)16-29-13-28(2,14-29)15-29)26-23(30)10-18(11-24(26)31)7-8-25(33)34;1-16-9-21-20-6-4-3-5-19(20)12-22(21)27(32(16)15-18-13-28(2,31)14-18)26-23(29)10-17(11-24(26)30)7-8-25(33)34;2*1-16-10-19-18-7-5-4-6-17(18)11-20(19)22(27(16)15-23(2,3)26)25-12-24(13-25,14-25)9-8-21(28)29/h3-8,10-11,17,27H,9,12-16H2,1-2H3,(H,33,34);3-8,10-11,16,18,27H,9,12-15H2,1-2H3,(H,33,34);2*4-9,16,22H,10-15H2,1-3H3,(H,28,29)/b2*8-7+;2*9-8+/t17-,27+,28?,29?;16-,18?,27+,28?;16-,22+,24?,25?;16-,22-,24?,25?/m1111/s1. The van der Waals surface area contributed by atoms with Crippen molar-refractivity contribution in [1.29, 1.82) is 0 Å². The maximum absolute atomic E-state index is 15.6. The zero-order valence-corrected chi connectivity index (χ0v) is 74.0. The Morgan fingerprint density at radius 1 is 0.429 bits per heavy atom. The van der Waals surface area contributed by atoms with Crippen LogP contribution < -0.4 is 0 Å². The van der Waals surface area contributed by atoms with Gasteiger partial charge in [-0.1, -0.05) is 116 Å². The summed E-state index contributed by atoms with van der Waals surface area (Å²) >= 11 is 0. The van der Waals surface area contributed by atoms with E-state index in [2.05, 4.69) is 127 Å². The molecular formula is C107H117F7N4O8. The van der Waals surface area contributed by atoms with E-state index in [4.69, 9.17) is 20.4 Å². The van der Waals surface area contributed by atoms with E-state index in [1.807, 2.05) is 36.4 Å². The monoisotopic (exact) mass is 1720 g/mol. The summed E-state index contributed by atoms with van der Waals surface area (Å²) in [6.07, 6.45) is 28.2. The average molecular weight is 1720 g/mol. The van der Waals surface area contributed by atoms with Gasteiger partial charge in [0.15, 0.2) is 0 Å². The lowest BCUT2D eigenvalue weighted by molar-refractivity contribution is -0.211. The Labute approximate surface area is 735 Å². The Bertz CT molecular complexity index is 5470. The van der Waals surface area contributed by atoms with E-state index in [1.54, 1.807) is 34.6 Å². The predicted molar refractivity (Wildman–Crippen MR) is 479 cm³/mol. The smallest absolute Gasteiger partial charge is 0.328 e. The third-order valence-corrected chi connectivity index (χ3v) is 31.4. The van der Waals surface area contributed by atoms with Crippen molar-refractivity contribution in [3.63, 3.8) is 0 Å². The van der Waals surface area contributed by atoms with Crippen LogP contribution in [0.25, 0.3) is 34.4 Å². The van der Waals surface area contributed by atoms with Gasteiger partial charge < -0.3 is 20.4 Å². The van der Waals surface area contributed by atoms with E-state index in [0.717, 1.165) is 124 Å². The third-order valence-electron chi connectivity index (χ3n) is 31.4. The van der Waals surface area contributed by atoms with Gasteiger partial charge in [-0.15, -0.1) is 0 Å². The highest BCUT2D eigenvalue weighted by Crippen LogP contribution is 2.79. The number of hydrogen-bond donors (Lipinski definition) is 4. The second-order valence-corrected chi connectivity index (χ2v) is 42.8. The first kappa shape index (κ1) is 87.2. The molecule has 4 N–H and O–H groups in total. The number of hydrogen-bond acceptors (Lipinski definition) is 8. The van der Waals surface area contributed by atoms with Crippen LogP contribution in [0.1, 0.15) is 244 Å². The highest BCUT2D eigenvalue weighted by atomic mass is 19.2. The zero-order valence-electron chi connectivity index (χ0n) is 74.0. The van der Waals surface area contributed by atoms with E-state index >= 15 is 17.6 Å². The molecule has 12 nitrogen and oxygen atoms in total. The van der Waals surface area contributed by atoms with Gasteiger partial charge in [0.1, 0.15) is 40.3 Å². The van der Waals surface area contributed by atoms with Crippen LogP contribution in [0.2, 0.25) is 0 Å². The first-order valence-electron chi connectivity index (χ1n) is 45.5. The van der Waals surface area contributed by atoms with Crippen LogP contribution in [0, 0.1) is 61.7 Å². The molecule has 0 amide bonds. The van der Waals surface area contributed by atoms with Crippen molar-refractivity contribution in [1.82, 2.24) is 19.6 Å². The number of carbonyl (C=O) groups is 4. The van der Waals surface area contributed by atoms with Gasteiger partial charge in [-0.3, -0.25) is 19.6 Å². The van der Waals surface area contributed by atoms with Crippen molar-refractivity contribution < 1.29 is 70.3 Å². The minimum Gasteiger partial charge on any atom is -0.478 e. The van der Waals surface area contributed by atoms with Crippen LogP contribution in [0.15, 0.2) is 180 Å². The number of allylic oxidation sites excluding steroid dienone is 2. The van der Waals surface area contributed by atoms with Crippen LogP contribution in [0.5, 0.6) is 0 Å². The van der Waals surface area contributed by atoms with Gasteiger partial charge in [0.25, 0.3) is 0 Å². The lowest BCUT2D eigenvalue weighted by atomic mass is 9.32. The van der Waals surface area contributed by atoms with Crippen molar-refractivity contribution in [3.05, 3.63) is 270 Å². The highest BCUT2D eigenvalue weighted by molar-refractivity contribution is 5.87. The fourth-order valence-electron chi connectivity index (χ4n) is 27.6. The summed E-state index contributed by atoms with van der Waals surface area (Å²) in [4.78, 5) is 53.0. The average Bonchev–Trinajstić information content (AvgIpc) is 1.02. The molecule has 10 fully saturated rings. The molecule has 126 heavy (non-hydrogen) atoms. The Balaban J connectivity index is 0.000000114. The van der Waals surface area contributed by atoms with Crippen molar-refractivity contribution in [2.24, 2.45) is 38.4 Å². The van der Waals surface area contributed by atoms with Crippen molar-refractivity contribution in [3.8, 4) is 0 Å². The molecule has 18 aliphatic rings. The van der Waals surface area contributed by atoms with Gasteiger partial charge in [-0.25, -0.2) is 49.9 Å². The van der Waals surface area contributed by atoms with Crippen LogP contribution >= 0.6 is 0 Å². The summed E-state index contributed by atoms with van der Waals surface area (Å²) in [7, 11) is 0. The van der Waals surface area contributed by atoms with E-state index in [-0.39, 0.29) is 79.4 Å². The Hall–Kier alpha value is -9.53. The topological polar surface area (TPSA) is 162 Å². The first-order chi connectivity index (χ1) is 59.5. The molecule has 0 spiro atoms. The molecular weight excluding hydrogens is 1600 g/mol. The number of nitrogens with zero attached hydrogens (tertiary/aromatic N) is 4. The second-order valence-electron chi connectivity index (χ2n) is 42.8. The SMILES string of the molecule is C[C@@H]1CC2=C(Cc3ccccc32)[C@@H](C23CC(/C=C/C(=O)O)(C2)C3)N1CC(C)(C)F.C[C@@H]1CC2=C(Cc3ccccc32)[C@@H](c2c(F)cc(/C=C/C(=O)O)cc2F)N1CC12CC(C)(C1)C2.C[C@@H]1CC2=C(Cc3ccccc32)[C@@H](c2c(F)cc(/C=C/C(=O)O)cc2F)N1CC1CC(C)(F)C1.C[C@@H]1CC2=C(Cc3ccccc32)[C@H](C23CC(/C=C/C(=O)O)(C2)C3)N1CC(C)(C)F. The van der Waals surface area contributed by atoms with Gasteiger partial charge in [0, 0.05) is 97.9 Å². The number of carboxylic acids is 4. The normalized spacial score (nSPS) is 32.8. The van der Waals surface area contributed by atoms with Crippen LogP contribution in [0.4, 0.5) is 30.7 Å². The first-order valence-corrected chi connectivity index (χ1v) is 45.5. The van der Waals surface area contributed by atoms with E-state index < -0.39 is 76.2 Å². The molecule has 6 bridgehead atoms. The van der Waals surface area contributed by atoms with E-state index in [0.29, 0.717) is 62.8 Å². The molecule has 0 unspecified atom stereocenters. The fourth-order valence-corrected chi connectivity index (χ4v) is 27.6. The predicted octanol–water partition coefficient (Wildman–Crippen LogP) is 22.8. The number of halogens is 7. The number of fused-ring (bicyclic) bond motifs is 8. The lowest BCUT2D eigenvalue weighted by Gasteiger charge is -2.75. The fraction of sp³-hybridized carbons (Fsp3) is 0.477. The molecule has 4 heterocycles. The highest BCUT2D eigenvalue weighted by Gasteiger charge is 2.73. The largest absolute Gasteiger partial charge is 0.478 e. The van der Waals surface area contributed by atoms with Gasteiger partial charge >= 0.3 is 23.9 Å². The molecule has 8 atom stereocenters. The molecule has 6 aromatic carbocycles. The molecule has 10 saturated carbocycles. The molecule has 0 saturated heterocycles. The Kier molecular flexibility index (Phi) is 21.9. The maximum Gasteiger partial charge on any atom is 0.328 e. The summed E-state index contributed by atoms with van der Waals surface area (Å²) in [6, 6.07) is 39.1. The van der Waals surface area contributed by atoms with Crippen molar-refractivity contribution in [2.75, 3.05) is 26.2 Å². The summed E-state index contributed by atoms with van der Waals surface area (Å²) < 4.78 is 106. The van der Waals surface area contributed by atoms with Crippen molar-refractivity contribution in [2.45, 2.75) is 257 Å². The molecule has 0 radical (unpaired) electrons. The molecule has 0 aromatic heterocycles. The third kappa shape index (κ3) is 16.0. The molecule has 19 heteroatoms. The number of aliphatic carboxylic acids is 4. The lowest BCUT2D eigenvalue weighted by Crippen LogP contribution is -2.71. The zero-order chi connectivity index (χ0) is 89.2. The van der Waals surface area contributed by atoms with Crippen molar-refractivity contribution >= 4 is 58.3 Å². The summed E-state index contributed by atoms with van der Waals surface area (Å²) in [6.45, 7) is 21.8.